The first kappa shape index (κ1) is 35.8. The van der Waals surface area contributed by atoms with Gasteiger partial charge in [-0.25, -0.2) is 18.0 Å². The number of carbonyl (C=O) groups excluding carboxylic acids is 4. The highest BCUT2D eigenvalue weighted by Gasteiger charge is 2.55. The summed E-state index contributed by atoms with van der Waals surface area (Å²) < 4.78 is 37.4. The molecular formula is C34H35ClN4O8S2. The van der Waals surface area contributed by atoms with Gasteiger partial charge in [-0.15, -0.1) is 11.8 Å². The fraction of sp³-hybridized carbons (Fsp3) is 0.294. The van der Waals surface area contributed by atoms with Crippen LogP contribution in [0.1, 0.15) is 49.6 Å². The lowest BCUT2D eigenvalue weighted by molar-refractivity contribution is -0.154. The van der Waals surface area contributed by atoms with Crippen LogP contribution in [-0.2, 0) is 33.9 Å². The number of hydrogen-bond donors (Lipinski definition) is 3. The van der Waals surface area contributed by atoms with Crippen LogP contribution in [-0.4, -0.2) is 66.2 Å². The van der Waals surface area contributed by atoms with E-state index in [0.29, 0.717) is 0 Å². The van der Waals surface area contributed by atoms with E-state index in [1.807, 2.05) is 60.7 Å². The van der Waals surface area contributed by atoms with Gasteiger partial charge in [0.1, 0.15) is 28.8 Å². The zero-order valence-corrected chi connectivity index (χ0v) is 29.4. The Morgan fingerprint density at radius 3 is 2.10 bits per heavy atom. The van der Waals surface area contributed by atoms with Gasteiger partial charge >= 0.3 is 12.1 Å². The number of nitrogens with zero attached hydrogens (tertiary/aromatic N) is 1. The second-order valence-electron chi connectivity index (χ2n) is 12.3. The molecule has 1 saturated heterocycles. The molecule has 49 heavy (non-hydrogen) atoms. The number of amides is 3. The van der Waals surface area contributed by atoms with Crippen molar-refractivity contribution in [3.05, 3.63) is 112 Å². The first-order valence-corrected chi connectivity index (χ1v) is 18.4. The summed E-state index contributed by atoms with van der Waals surface area (Å²) in [6, 6.07) is 21.8. The molecule has 3 N–H and O–H groups in total. The van der Waals surface area contributed by atoms with Crippen molar-refractivity contribution in [2.45, 2.75) is 49.9 Å². The molecule has 2 aliphatic heterocycles. The summed E-state index contributed by atoms with van der Waals surface area (Å²) in [5, 5.41) is 4.64. The summed E-state index contributed by atoms with van der Waals surface area (Å²) in [6.45, 7) is 4.97. The second-order valence-corrected chi connectivity index (χ2v) is 15.6. The molecular weight excluding hydrogens is 692 g/mol. The van der Waals surface area contributed by atoms with E-state index in [2.05, 4.69) is 15.4 Å². The Bertz CT molecular complexity index is 1840. The van der Waals surface area contributed by atoms with Crippen LogP contribution in [0.3, 0.4) is 0 Å². The van der Waals surface area contributed by atoms with Crippen molar-refractivity contribution in [1.29, 1.82) is 0 Å². The van der Waals surface area contributed by atoms with Gasteiger partial charge in [-0.1, -0.05) is 84.4 Å². The molecule has 3 atom stereocenters. The molecule has 15 heteroatoms. The van der Waals surface area contributed by atoms with Crippen LogP contribution in [0.25, 0.3) is 0 Å². The maximum atomic E-state index is 13.8. The van der Waals surface area contributed by atoms with E-state index in [9.17, 15) is 27.6 Å². The molecule has 0 aromatic heterocycles. The third-order valence-corrected chi connectivity index (χ3v) is 9.65. The van der Waals surface area contributed by atoms with Crippen molar-refractivity contribution in [3.63, 3.8) is 0 Å². The minimum atomic E-state index is -3.65. The Balaban J connectivity index is 1.36. The summed E-state index contributed by atoms with van der Waals surface area (Å²) in [5.74, 6) is -1.99. The number of nitrogens with one attached hydrogen (secondary N) is 3. The first-order chi connectivity index (χ1) is 23.1. The molecule has 0 bridgehead atoms. The molecule has 1 unspecified atom stereocenters. The van der Waals surface area contributed by atoms with Gasteiger partial charge in [0.2, 0.25) is 15.9 Å². The van der Waals surface area contributed by atoms with E-state index in [4.69, 9.17) is 21.1 Å². The van der Waals surface area contributed by atoms with Gasteiger partial charge in [0.05, 0.1) is 11.3 Å². The number of halogens is 1. The summed E-state index contributed by atoms with van der Waals surface area (Å²) in [7, 11) is -3.65. The number of β-lactam (4-membered cyclic amide) rings is 1. The molecule has 3 aromatic rings. The highest BCUT2D eigenvalue weighted by molar-refractivity contribution is 8.00. The Morgan fingerprint density at radius 2 is 1.53 bits per heavy atom. The number of carbonyl (C=O) groups is 4. The number of esters is 1. The Hall–Kier alpha value is -4.53. The predicted octanol–water partition coefficient (Wildman–Crippen LogP) is 4.81. The zero-order chi connectivity index (χ0) is 35.5. The van der Waals surface area contributed by atoms with Gasteiger partial charge in [-0.2, -0.15) is 0 Å². The van der Waals surface area contributed by atoms with Gasteiger partial charge in [-0.05, 0) is 49.6 Å². The summed E-state index contributed by atoms with van der Waals surface area (Å²) >= 11 is 7.78. The summed E-state index contributed by atoms with van der Waals surface area (Å²) in [6.07, 6.45) is -0.708. The van der Waals surface area contributed by atoms with E-state index in [0.717, 1.165) is 17.4 Å². The van der Waals surface area contributed by atoms with Crippen molar-refractivity contribution in [3.8, 4) is 0 Å². The van der Waals surface area contributed by atoms with Gasteiger partial charge in [-0.3, -0.25) is 19.2 Å². The topological polar surface area (TPSA) is 160 Å². The average Bonchev–Trinajstić information content (AvgIpc) is 3.04. The van der Waals surface area contributed by atoms with Crippen LogP contribution in [0.4, 0.5) is 10.5 Å². The number of alkyl carbamates (subject to hydrolysis) is 1. The number of hydrogen-bond acceptors (Lipinski definition) is 9. The molecule has 0 saturated carbocycles. The second kappa shape index (κ2) is 14.5. The van der Waals surface area contributed by atoms with Crippen molar-refractivity contribution in [2.24, 2.45) is 0 Å². The molecule has 0 aliphatic carbocycles. The number of fused-ring (bicyclic) bond motifs is 1. The minimum Gasteiger partial charge on any atom is -0.448 e. The monoisotopic (exact) mass is 726 g/mol. The molecule has 1 fully saturated rings. The third kappa shape index (κ3) is 8.74. The summed E-state index contributed by atoms with van der Waals surface area (Å²) in [5.41, 5.74) is 0.826. The van der Waals surface area contributed by atoms with Crippen molar-refractivity contribution < 1.29 is 37.1 Å². The van der Waals surface area contributed by atoms with Crippen LogP contribution in [0.15, 0.2) is 95.7 Å². The zero-order valence-electron chi connectivity index (χ0n) is 27.0. The molecule has 2 aliphatic rings. The highest BCUT2D eigenvalue weighted by Crippen LogP contribution is 2.42. The molecule has 2 heterocycles. The molecule has 5 rings (SSSR count). The maximum absolute atomic E-state index is 13.8. The Kier molecular flexibility index (Phi) is 10.6. The molecule has 3 amide bonds. The fourth-order valence-corrected chi connectivity index (χ4v) is 7.38. The van der Waals surface area contributed by atoms with E-state index in [-0.39, 0.29) is 27.7 Å². The number of benzene rings is 3. The summed E-state index contributed by atoms with van der Waals surface area (Å²) in [4.78, 5) is 55.1. The smallest absolute Gasteiger partial charge is 0.408 e. The van der Waals surface area contributed by atoms with Crippen LogP contribution in [0.5, 0.6) is 0 Å². The van der Waals surface area contributed by atoms with E-state index in [1.54, 1.807) is 20.8 Å². The molecule has 0 radical (unpaired) electrons. The number of ether oxygens (including phenoxy) is 2. The lowest BCUT2D eigenvalue weighted by Gasteiger charge is -2.49. The van der Waals surface area contributed by atoms with Crippen LogP contribution < -0.4 is 15.4 Å². The molecule has 258 valence electrons. The van der Waals surface area contributed by atoms with E-state index >= 15 is 0 Å². The molecule has 12 nitrogen and oxygen atoms in total. The van der Waals surface area contributed by atoms with Crippen LogP contribution in [0, 0.1) is 0 Å². The SMILES string of the molecule is CC(C)(C)OC(=O)NC(C(=O)N[C@@H]1C(=O)N2C(C(=O)OC(c3ccccc3)c3ccccc3)=C(Cl)CS[C@H]12)c1cccc(NS(C)(=O)=O)c1. The standard InChI is InChI=1S/C34H35ClN4O8S2/c1-34(2,3)47-33(43)37-25(22-16-11-17-23(18-22)38-49(4,44)45)29(40)36-26-30(41)39-27(24(35)19-48-31(26)39)32(42)46-28(20-12-7-5-8-13-20)21-14-9-6-10-15-21/h5-18,25-26,28,31,38H,19H2,1-4H3,(H,36,40)(H,37,43)/t25?,26-,31-/m1/s1. The van der Waals surface area contributed by atoms with Crippen LogP contribution in [0.2, 0.25) is 0 Å². The minimum absolute atomic E-state index is 0.110. The highest BCUT2D eigenvalue weighted by atomic mass is 35.5. The Morgan fingerprint density at radius 1 is 0.939 bits per heavy atom. The van der Waals surface area contributed by atoms with Gasteiger partial charge < -0.3 is 20.1 Å². The van der Waals surface area contributed by atoms with Gasteiger partial charge in [0.15, 0.2) is 6.10 Å². The first-order valence-electron chi connectivity index (χ1n) is 15.1. The molecule has 0 spiro atoms. The number of thioether (sulfide) groups is 1. The lowest BCUT2D eigenvalue weighted by atomic mass is 10.0. The van der Waals surface area contributed by atoms with E-state index < -0.39 is 63.1 Å². The average molecular weight is 727 g/mol. The maximum Gasteiger partial charge on any atom is 0.408 e. The fourth-order valence-electron chi connectivity index (χ4n) is 5.28. The normalized spacial score (nSPS) is 18.2. The number of anilines is 1. The van der Waals surface area contributed by atoms with Crippen molar-refractivity contribution in [2.75, 3.05) is 16.7 Å². The van der Waals surface area contributed by atoms with Gasteiger partial charge in [0.25, 0.3) is 5.91 Å². The lowest BCUT2D eigenvalue weighted by Crippen LogP contribution is -2.71. The third-order valence-electron chi connectivity index (χ3n) is 7.29. The predicted molar refractivity (Wildman–Crippen MR) is 186 cm³/mol. The largest absolute Gasteiger partial charge is 0.448 e. The number of rotatable bonds is 10. The Labute approximate surface area is 293 Å². The molecule has 3 aromatic carbocycles. The van der Waals surface area contributed by atoms with Crippen molar-refractivity contribution in [1.82, 2.24) is 15.5 Å². The van der Waals surface area contributed by atoms with Crippen molar-refractivity contribution >= 4 is 63.0 Å². The quantitative estimate of drug-likeness (QED) is 0.197. The van der Waals surface area contributed by atoms with Gasteiger partial charge in [0, 0.05) is 11.4 Å². The van der Waals surface area contributed by atoms with E-state index in [1.165, 1.54) is 40.9 Å². The van der Waals surface area contributed by atoms with Crippen LogP contribution >= 0.6 is 23.4 Å². The number of sulfonamides is 1.